The van der Waals surface area contributed by atoms with E-state index in [2.05, 4.69) is 10.0 Å². The van der Waals surface area contributed by atoms with E-state index in [1.54, 1.807) is 12.1 Å². The molecule has 27 heavy (non-hydrogen) atoms. The molecule has 1 aliphatic carbocycles. The van der Waals surface area contributed by atoms with Gasteiger partial charge in [0.1, 0.15) is 0 Å². The third kappa shape index (κ3) is 5.77. The second-order valence-electron chi connectivity index (χ2n) is 8.19. The van der Waals surface area contributed by atoms with Crippen LogP contribution in [0.2, 0.25) is 0 Å². The van der Waals surface area contributed by atoms with Gasteiger partial charge in [-0.15, -0.1) is 0 Å². The molecule has 2 fully saturated rings. The Balaban J connectivity index is 1.53. The number of likely N-dealkylation sites (tertiary alicyclic amines) is 1. The molecule has 7 heteroatoms. The van der Waals surface area contributed by atoms with Crippen molar-refractivity contribution in [2.45, 2.75) is 50.5 Å². The van der Waals surface area contributed by atoms with Gasteiger partial charge >= 0.3 is 0 Å². The maximum absolute atomic E-state index is 12.7. The Morgan fingerprint density at radius 1 is 1.11 bits per heavy atom. The standard InChI is InChI=1S/C20H31N3O3S/c1-15(2)13-22-27(25,26)19-7-5-17(6-8-19)20(24)23-11-9-18(10-12-23)21-14-16-3-4-16/h5-8,15-16,18,21-22H,3-4,9-14H2,1-2H3. The highest BCUT2D eigenvalue weighted by molar-refractivity contribution is 7.89. The van der Waals surface area contributed by atoms with Crippen LogP contribution in [0.3, 0.4) is 0 Å². The Hall–Kier alpha value is -1.44. The van der Waals surface area contributed by atoms with Crippen LogP contribution in [-0.4, -0.2) is 51.4 Å². The van der Waals surface area contributed by atoms with Crippen molar-refractivity contribution in [2.24, 2.45) is 11.8 Å². The van der Waals surface area contributed by atoms with E-state index in [4.69, 9.17) is 0 Å². The van der Waals surface area contributed by atoms with Crippen LogP contribution >= 0.6 is 0 Å². The predicted octanol–water partition coefficient (Wildman–Crippen LogP) is 2.23. The summed E-state index contributed by atoms with van der Waals surface area (Å²) >= 11 is 0. The zero-order chi connectivity index (χ0) is 19.4. The van der Waals surface area contributed by atoms with E-state index in [-0.39, 0.29) is 16.7 Å². The Bertz CT molecular complexity index is 734. The zero-order valence-electron chi connectivity index (χ0n) is 16.3. The van der Waals surface area contributed by atoms with Crippen LogP contribution in [0.5, 0.6) is 0 Å². The summed E-state index contributed by atoms with van der Waals surface area (Å²) in [6, 6.07) is 6.77. The van der Waals surface area contributed by atoms with Crippen LogP contribution in [0, 0.1) is 11.8 Å². The third-order valence-electron chi connectivity index (χ3n) is 5.27. The molecule has 1 saturated carbocycles. The van der Waals surface area contributed by atoms with Crippen molar-refractivity contribution in [1.82, 2.24) is 14.9 Å². The van der Waals surface area contributed by atoms with Crippen molar-refractivity contribution in [3.05, 3.63) is 29.8 Å². The highest BCUT2D eigenvalue weighted by Gasteiger charge is 2.26. The molecule has 0 aromatic heterocycles. The van der Waals surface area contributed by atoms with Crippen LogP contribution in [0.15, 0.2) is 29.2 Å². The van der Waals surface area contributed by atoms with Gasteiger partial charge in [0.15, 0.2) is 0 Å². The number of hydrogen-bond donors (Lipinski definition) is 2. The van der Waals surface area contributed by atoms with E-state index in [1.165, 1.54) is 25.0 Å². The van der Waals surface area contributed by atoms with Gasteiger partial charge < -0.3 is 10.2 Å². The molecule has 2 aliphatic rings. The highest BCUT2D eigenvalue weighted by Crippen LogP contribution is 2.28. The molecule has 6 nitrogen and oxygen atoms in total. The fourth-order valence-electron chi connectivity index (χ4n) is 3.26. The molecule has 1 aromatic carbocycles. The number of piperidine rings is 1. The lowest BCUT2D eigenvalue weighted by Crippen LogP contribution is -2.45. The van der Waals surface area contributed by atoms with Gasteiger partial charge in [0.05, 0.1) is 4.90 Å². The van der Waals surface area contributed by atoms with Gasteiger partial charge in [-0.05, 0) is 68.3 Å². The fraction of sp³-hybridized carbons (Fsp3) is 0.650. The van der Waals surface area contributed by atoms with Crippen LogP contribution in [0.1, 0.15) is 49.9 Å². The quantitative estimate of drug-likeness (QED) is 0.710. The lowest BCUT2D eigenvalue weighted by molar-refractivity contribution is 0.0705. The zero-order valence-corrected chi connectivity index (χ0v) is 17.1. The molecule has 3 rings (SSSR count). The number of sulfonamides is 1. The smallest absolute Gasteiger partial charge is 0.253 e. The average molecular weight is 394 g/mol. The van der Waals surface area contributed by atoms with E-state index in [0.29, 0.717) is 18.2 Å². The monoisotopic (exact) mass is 393 g/mol. The molecule has 0 bridgehead atoms. The van der Waals surface area contributed by atoms with Crippen LogP contribution in [0.4, 0.5) is 0 Å². The fourth-order valence-corrected chi connectivity index (χ4v) is 4.47. The summed E-state index contributed by atoms with van der Waals surface area (Å²) in [4.78, 5) is 14.8. The average Bonchev–Trinajstić information content (AvgIpc) is 3.49. The summed E-state index contributed by atoms with van der Waals surface area (Å²) in [6.07, 6.45) is 4.65. The maximum Gasteiger partial charge on any atom is 0.253 e. The summed E-state index contributed by atoms with van der Waals surface area (Å²) in [6.45, 7) is 6.91. The summed E-state index contributed by atoms with van der Waals surface area (Å²) in [7, 11) is -3.52. The van der Waals surface area contributed by atoms with Gasteiger partial charge in [-0.25, -0.2) is 13.1 Å². The van der Waals surface area contributed by atoms with E-state index in [0.717, 1.165) is 38.4 Å². The molecule has 1 aliphatic heterocycles. The first kappa shape index (κ1) is 20.3. The van der Waals surface area contributed by atoms with Gasteiger partial charge in [0.25, 0.3) is 5.91 Å². The molecule has 0 atom stereocenters. The number of carbonyl (C=O) groups is 1. The summed E-state index contributed by atoms with van der Waals surface area (Å²) in [5, 5.41) is 3.62. The first-order valence-electron chi connectivity index (χ1n) is 9.97. The first-order valence-corrected chi connectivity index (χ1v) is 11.5. The summed E-state index contributed by atoms with van der Waals surface area (Å²) < 4.78 is 27.1. The second-order valence-corrected chi connectivity index (χ2v) is 9.96. The van der Waals surface area contributed by atoms with Gasteiger partial charge in [-0.3, -0.25) is 4.79 Å². The van der Waals surface area contributed by atoms with E-state index < -0.39 is 10.0 Å². The molecule has 2 N–H and O–H groups in total. The first-order chi connectivity index (χ1) is 12.8. The van der Waals surface area contributed by atoms with Gasteiger partial charge in [-0.1, -0.05) is 13.8 Å². The van der Waals surface area contributed by atoms with E-state index in [1.807, 2.05) is 18.7 Å². The number of hydrogen-bond acceptors (Lipinski definition) is 4. The molecule has 1 saturated heterocycles. The van der Waals surface area contributed by atoms with E-state index in [9.17, 15) is 13.2 Å². The highest BCUT2D eigenvalue weighted by atomic mass is 32.2. The Morgan fingerprint density at radius 3 is 2.30 bits per heavy atom. The minimum atomic E-state index is -3.52. The predicted molar refractivity (Wildman–Crippen MR) is 106 cm³/mol. The van der Waals surface area contributed by atoms with Crippen LogP contribution < -0.4 is 10.0 Å². The number of rotatable bonds is 8. The molecular formula is C20H31N3O3S. The Labute approximate surface area is 162 Å². The number of amides is 1. The van der Waals surface area contributed by atoms with Crippen molar-refractivity contribution in [3.63, 3.8) is 0 Å². The van der Waals surface area contributed by atoms with Gasteiger partial charge in [-0.2, -0.15) is 0 Å². The Kier molecular flexibility index (Phi) is 6.55. The van der Waals surface area contributed by atoms with Crippen LogP contribution in [0.25, 0.3) is 0 Å². The second kappa shape index (κ2) is 8.71. The minimum absolute atomic E-state index is 0.0188. The number of carbonyl (C=O) groups excluding carboxylic acids is 1. The van der Waals surface area contributed by atoms with Crippen molar-refractivity contribution < 1.29 is 13.2 Å². The molecule has 150 valence electrons. The van der Waals surface area contributed by atoms with Gasteiger partial charge in [0.2, 0.25) is 10.0 Å². The SMILES string of the molecule is CC(C)CNS(=O)(=O)c1ccc(C(=O)N2CCC(NCC3CC3)CC2)cc1. The number of nitrogens with one attached hydrogen (secondary N) is 2. The third-order valence-corrected chi connectivity index (χ3v) is 6.71. The van der Waals surface area contributed by atoms with Crippen LogP contribution in [-0.2, 0) is 10.0 Å². The molecular weight excluding hydrogens is 362 g/mol. The normalized spacial score (nSPS) is 18.9. The van der Waals surface area contributed by atoms with Crippen molar-refractivity contribution >= 4 is 15.9 Å². The van der Waals surface area contributed by atoms with Crippen molar-refractivity contribution in [2.75, 3.05) is 26.2 Å². The molecule has 0 spiro atoms. The van der Waals surface area contributed by atoms with Crippen molar-refractivity contribution in [1.29, 1.82) is 0 Å². The topological polar surface area (TPSA) is 78.5 Å². The Morgan fingerprint density at radius 2 is 1.74 bits per heavy atom. The molecule has 1 amide bonds. The lowest BCUT2D eigenvalue weighted by atomic mass is 10.0. The molecule has 1 heterocycles. The summed E-state index contributed by atoms with van der Waals surface area (Å²) in [5.74, 6) is 1.09. The largest absolute Gasteiger partial charge is 0.339 e. The number of benzene rings is 1. The summed E-state index contributed by atoms with van der Waals surface area (Å²) in [5.41, 5.74) is 0.544. The van der Waals surface area contributed by atoms with Crippen molar-refractivity contribution in [3.8, 4) is 0 Å². The van der Waals surface area contributed by atoms with E-state index >= 15 is 0 Å². The molecule has 0 unspecified atom stereocenters. The van der Waals surface area contributed by atoms with Gasteiger partial charge in [0, 0.05) is 31.2 Å². The maximum atomic E-state index is 12.7. The lowest BCUT2D eigenvalue weighted by Gasteiger charge is -2.32. The minimum Gasteiger partial charge on any atom is -0.339 e. The molecule has 1 aromatic rings. The number of nitrogens with zero attached hydrogens (tertiary/aromatic N) is 1. The molecule has 0 radical (unpaired) electrons.